The highest BCUT2D eigenvalue weighted by Gasteiger charge is 2.28. The minimum atomic E-state index is -0.291. The van der Waals surface area contributed by atoms with Crippen LogP contribution >= 0.6 is 0 Å². The predicted molar refractivity (Wildman–Crippen MR) is 79.9 cm³/mol. The van der Waals surface area contributed by atoms with E-state index in [2.05, 4.69) is 12.1 Å². The molecule has 2 nitrogen and oxygen atoms in total. The average Bonchev–Trinajstić information content (AvgIpc) is 2.87. The second-order valence-electron chi connectivity index (χ2n) is 4.82. The van der Waals surface area contributed by atoms with Gasteiger partial charge in [-0.1, -0.05) is 61.5 Å². The lowest BCUT2D eigenvalue weighted by molar-refractivity contribution is -0.146. The molecule has 0 aromatic heterocycles. The number of carbonyl (C=O) groups excluding carboxylic acids is 1. The van der Waals surface area contributed by atoms with Crippen LogP contribution < -0.4 is 0 Å². The molecular weight excluding hydrogens is 248 g/mol. The number of hydrogen-bond donors (Lipinski definition) is 0. The molecule has 0 spiro atoms. The first-order chi connectivity index (χ1) is 9.79. The van der Waals surface area contributed by atoms with Gasteiger partial charge in [0, 0.05) is 17.6 Å². The Morgan fingerprint density at radius 1 is 1.05 bits per heavy atom. The molecule has 0 aliphatic heterocycles. The number of fused-ring (bicyclic) bond motifs is 1. The predicted octanol–water partition coefficient (Wildman–Crippen LogP) is 4.24. The number of esters is 1. The van der Waals surface area contributed by atoms with E-state index in [4.69, 9.17) is 4.74 Å². The highest BCUT2D eigenvalue weighted by atomic mass is 16.5. The quantitative estimate of drug-likeness (QED) is 0.775. The van der Waals surface area contributed by atoms with E-state index in [-0.39, 0.29) is 12.1 Å². The molecule has 2 heteroatoms. The van der Waals surface area contributed by atoms with E-state index in [9.17, 15) is 4.79 Å². The Kier molecular flexibility index (Phi) is 3.38. The van der Waals surface area contributed by atoms with E-state index in [1.54, 1.807) is 0 Å². The minimum absolute atomic E-state index is 0.173. The monoisotopic (exact) mass is 264 g/mol. The van der Waals surface area contributed by atoms with Crippen molar-refractivity contribution in [3.8, 4) is 0 Å². The van der Waals surface area contributed by atoms with Crippen molar-refractivity contribution in [2.75, 3.05) is 0 Å². The van der Waals surface area contributed by atoms with Crippen LogP contribution in [0.3, 0.4) is 0 Å². The van der Waals surface area contributed by atoms with Crippen LogP contribution in [-0.4, -0.2) is 5.97 Å². The van der Waals surface area contributed by atoms with Crippen molar-refractivity contribution >= 4 is 17.6 Å². The molecular formula is C18H16O2. The van der Waals surface area contributed by atoms with Crippen molar-refractivity contribution in [1.29, 1.82) is 0 Å². The molecule has 0 heterocycles. The molecule has 0 bridgehead atoms. The van der Waals surface area contributed by atoms with Crippen LogP contribution in [0, 0.1) is 0 Å². The maximum Gasteiger partial charge on any atom is 0.306 e. The van der Waals surface area contributed by atoms with E-state index in [1.165, 1.54) is 0 Å². The van der Waals surface area contributed by atoms with Gasteiger partial charge in [-0.25, -0.2) is 0 Å². The largest absolute Gasteiger partial charge is 0.452 e. The summed E-state index contributed by atoms with van der Waals surface area (Å²) in [6.45, 7) is 1.81. The summed E-state index contributed by atoms with van der Waals surface area (Å²) in [7, 11) is 0. The van der Waals surface area contributed by atoms with Gasteiger partial charge in [0.1, 0.15) is 0 Å². The van der Waals surface area contributed by atoms with Gasteiger partial charge in [-0.3, -0.25) is 4.79 Å². The van der Waals surface area contributed by atoms with E-state index in [0.29, 0.717) is 6.42 Å². The third-order valence-electron chi connectivity index (χ3n) is 3.52. The molecule has 0 fully saturated rings. The van der Waals surface area contributed by atoms with Gasteiger partial charge in [0.05, 0.1) is 0 Å². The highest BCUT2D eigenvalue weighted by Crippen LogP contribution is 2.42. The van der Waals surface area contributed by atoms with Crippen LogP contribution in [0.1, 0.15) is 36.1 Å². The van der Waals surface area contributed by atoms with Crippen molar-refractivity contribution in [2.45, 2.75) is 19.4 Å². The molecule has 20 heavy (non-hydrogen) atoms. The lowest BCUT2D eigenvalue weighted by atomic mass is 10.0. The van der Waals surface area contributed by atoms with E-state index < -0.39 is 0 Å². The Morgan fingerprint density at radius 3 is 2.50 bits per heavy atom. The number of carbonyl (C=O) groups is 1. The fourth-order valence-corrected chi connectivity index (χ4v) is 2.50. The van der Waals surface area contributed by atoms with Crippen LogP contribution in [0.2, 0.25) is 0 Å². The zero-order valence-corrected chi connectivity index (χ0v) is 11.4. The first-order valence-corrected chi connectivity index (χ1v) is 6.85. The Labute approximate surface area is 118 Å². The van der Waals surface area contributed by atoms with Gasteiger partial charge in [0.15, 0.2) is 6.10 Å². The Bertz CT molecular complexity index is 656. The van der Waals surface area contributed by atoms with Gasteiger partial charge in [-0.05, 0) is 17.2 Å². The fourth-order valence-electron chi connectivity index (χ4n) is 2.50. The summed E-state index contributed by atoms with van der Waals surface area (Å²) in [6, 6.07) is 18.1. The van der Waals surface area contributed by atoms with E-state index >= 15 is 0 Å². The van der Waals surface area contributed by atoms with Gasteiger partial charge >= 0.3 is 5.97 Å². The number of hydrogen-bond acceptors (Lipinski definition) is 2. The van der Waals surface area contributed by atoms with Gasteiger partial charge in [0.25, 0.3) is 0 Å². The molecule has 100 valence electrons. The molecule has 3 rings (SSSR count). The zero-order chi connectivity index (χ0) is 13.9. The number of ether oxygens (including phenoxy) is 1. The summed E-state index contributed by atoms with van der Waals surface area (Å²) < 4.78 is 5.65. The first kappa shape index (κ1) is 12.7. The van der Waals surface area contributed by atoms with Crippen molar-refractivity contribution in [3.05, 3.63) is 71.3 Å². The second-order valence-corrected chi connectivity index (χ2v) is 4.82. The minimum Gasteiger partial charge on any atom is -0.452 e. The topological polar surface area (TPSA) is 26.3 Å². The van der Waals surface area contributed by atoms with E-state index in [0.717, 1.165) is 22.3 Å². The van der Waals surface area contributed by atoms with Crippen molar-refractivity contribution in [2.24, 2.45) is 0 Å². The molecule has 0 saturated carbocycles. The van der Waals surface area contributed by atoms with Crippen molar-refractivity contribution in [1.82, 2.24) is 0 Å². The molecule has 0 saturated heterocycles. The maximum absolute atomic E-state index is 11.7. The summed E-state index contributed by atoms with van der Waals surface area (Å²) >= 11 is 0. The zero-order valence-electron chi connectivity index (χ0n) is 11.4. The summed E-state index contributed by atoms with van der Waals surface area (Å²) in [4.78, 5) is 11.7. The van der Waals surface area contributed by atoms with Gasteiger partial charge in [-0.2, -0.15) is 0 Å². The smallest absolute Gasteiger partial charge is 0.306 e. The SMILES string of the molecule is CCC(=O)OC1C(c2ccccc2)=Cc2ccccc21. The lowest BCUT2D eigenvalue weighted by Gasteiger charge is -2.17. The molecule has 1 aliphatic carbocycles. The molecule has 0 amide bonds. The van der Waals surface area contributed by atoms with Crippen molar-refractivity contribution in [3.63, 3.8) is 0 Å². The third-order valence-corrected chi connectivity index (χ3v) is 3.52. The second kappa shape index (κ2) is 5.33. The van der Waals surface area contributed by atoms with Crippen LogP contribution in [0.15, 0.2) is 54.6 Å². The molecule has 2 aromatic carbocycles. The van der Waals surface area contributed by atoms with Gasteiger partial charge in [-0.15, -0.1) is 0 Å². The standard InChI is InChI=1S/C18H16O2/c1-2-17(19)20-18-15-11-7-6-10-14(15)12-16(18)13-8-4-3-5-9-13/h3-12,18H,2H2,1H3. The molecule has 0 radical (unpaired) electrons. The summed E-state index contributed by atoms with van der Waals surface area (Å²) in [5.41, 5.74) is 4.33. The molecule has 1 unspecified atom stereocenters. The van der Waals surface area contributed by atoms with Crippen LogP contribution in [0.25, 0.3) is 11.6 Å². The Hall–Kier alpha value is -2.35. The summed E-state index contributed by atoms with van der Waals surface area (Å²) in [6.07, 6.45) is 2.21. The molecule has 1 atom stereocenters. The average molecular weight is 264 g/mol. The molecule has 2 aromatic rings. The van der Waals surface area contributed by atoms with Crippen LogP contribution in [-0.2, 0) is 9.53 Å². The summed E-state index contributed by atoms with van der Waals surface area (Å²) in [5.74, 6) is -0.173. The maximum atomic E-state index is 11.7. The van der Waals surface area contributed by atoms with Gasteiger partial charge in [0.2, 0.25) is 0 Å². The van der Waals surface area contributed by atoms with E-state index in [1.807, 2.05) is 55.5 Å². The fraction of sp³-hybridized carbons (Fsp3) is 0.167. The number of benzene rings is 2. The molecule has 1 aliphatic rings. The van der Waals surface area contributed by atoms with Crippen molar-refractivity contribution < 1.29 is 9.53 Å². The molecule has 0 N–H and O–H groups in total. The normalized spacial score (nSPS) is 16.4. The summed E-state index contributed by atoms with van der Waals surface area (Å²) in [5, 5.41) is 0. The highest BCUT2D eigenvalue weighted by molar-refractivity contribution is 5.91. The third kappa shape index (κ3) is 2.25. The Morgan fingerprint density at radius 2 is 1.75 bits per heavy atom. The lowest BCUT2D eigenvalue weighted by Crippen LogP contribution is -2.10. The number of rotatable bonds is 3. The first-order valence-electron chi connectivity index (χ1n) is 6.85. The van der Waals surface area contributed by atoms with Crippen LogP contribution in [0.5, 0.6) is 0 Å². The van der Waals surface area contributed by atoms with Crippen LogP contribution in [0.4, 0.5) is 0 Å². The Balaban J connectivity index is 2.03. The van der Waals surface area contributed by atoms with Gasteiger partial charge < -0.3 is 4.74 Å².